The highest BCUT2D eigenvalue weighted by Gasteiger charge is 2.11. The predicted octanol–water partition coefficient (Wildman–Crippen LogP) is 3.87. The monoisotopic (exact) mass is 275 g/mol. The van der Waals surface area contributed by atoms with Crippen LogP contribution in [0.25, 0.3) is 0 Å². The summed E-state index contributed by atoms with van der Waals surface area (Å²) in [5.41, 5.74) is 8.58. The van der Waals surface area contributed by atoms with E-state index in [1.807, 2.05) is 24.3 Å². The number of aryl methyl sites for hydroxylation is 2. The van der Waals surface area contributed by atoms with Crippen LogP contribution in [0.4, 0.5) is 0 Å². The highest BCUT2D eigenvalue weighted by Crippen LogP contribution is 2.26. The molecule has 1 aromatic heterocycles. The molecule has 0 saturated carbocycles. The molecule has 0 aliphatic rings. The third-order valence-corrected chi connectivity index (χ3v) is 4.60. The van der Waals surface area contributed by atoms with Crippen LogP contribution in [0.15, 0.2) is 30.3 Å². The van der Waals surface area contributed by atoms with Crippen molar-refractivity contribution in [3.8, 4) is 5.75 Å². The molecule has 0 bridgehead atoms. The minimum Gasteiger partial charge on any atom is -0.496 e. The molecule has 0 aliphatic carbocycles. The number of hydrogen-bond donors (Lipinski definition) is 1. The van der Waals surface area contributed by atoms with Crippen LogP contribution in [0.2, 0.25) is 0 Å². The van der Waals surface area contributed by atoms with E-state index >= 15 is 0 Å². The molecule has 0 saturated heterocycles. The zero-order valence-electron chi connectivity index (χ0n) is 11.8. The van der Waals surface area contributed by atoms with Crippen LogP contribution in [0.1, 0.15) is 33.8 Å². The molecule has 1 heterocycles. The van der Waals surface area contributed by atoms with Crippen LogP contribution in [0.3, 0.4) is 0 Å². The molecule has 19 heavy (non-hydrogen) atoms. The molecule has 2 N–H and O–H groups in total. The maximum atomic E-state index is 6.30. The largest absolute Gasteiger partial charge is 0.496 e. The predicted molar refractivity (Wildman–Crippen MR) is 82.1 cm³/mol. The van der Waals surface area contributed by atoms with Gasteiger partial charge in [-0.3, -0.25) is 0 Å². The molecule has 1 atom stereocenters. The number of methoxy groups -OCH3 is 1. The molecule has 0 radical (unpaired) electrons. The zero-order chi connectivity index (χ0) is 13.8. The molecule has 2 rings (SSSR count). The first kappa shape index (κ1) is 14.1. The molecule has 3 heteroatoms. The molecule has 1 unspecified atom stereocenters. The van der Waals surface area contributed by atoms with Crippen LogP contribution < -0.4 is 10.5 Å². The first-order valence-electron chi connectivity index (χ1n) is 6.61. The molecule has 2 nitrogen and oxygen atoms in total. The maximum absolute atomic E-state index is 6.30. The van der Waals surface area contributed by atoms with Crippen molar-refractivity contribution in [3.05, 3.63) is 51.2 Å². The summed E-state index contributed by atoms with van der Waals surface area (Å²) < 4.78 is 5.35. The van der Waals surface area contributed by atoms with Gasteiger partial charge in [-0.15, -0.1) is 11.3 Å². The fraction of sp³-hybridized carbons (Fsp3) is 0.375. The molecular formula is C16H21NOS. The van der Waals surface area contributed by atoms with Crippen molar-refractivity contribution >= 4 is 11.3 Å². The summed E-state index contributed by atoms with van der Waals surface area (Å²) in [6.07, 6.45) is 1.98. The number of rotatable bonds is 5. The second-order valence-corrected chi connectivity index (χ2v) is 6.01. The van der Waals surface area contributed by atoms with Gasteiger partial charge >= 0.3 is 0 Å². The quantitative estimate of drug-likeness (QED) is 0.899. The lowest BCUT2D eigenvalue weighted by molar-refractivity contribution is 0.410. The molecule has 0 spiro atoms. The summed E-state index contributed by atoms with van der Waals surface area (Å²) in [5, 5.41) is 0. The Kier molecular flexibility index (Phi) is 4.61. The molecule has 1 aromatic carbocycles. The van der Waals surface area contributed by atoms with Crippen LogP contribution in [-0.2, 0) is 12.8 Å². The molecule has 2 aromatic rings. The van der Waals surface area contributed by atoms with E-state index in [-0.39, 0.29) is 6.04 Å². The number of hydrogen-bond acceptors (Lipinski definition) is 3. The fourth-order valence-electron chi connectivity index (χ4n) is 2.12. The lowest BCUT2D eigenvalue weighted by Crippen LogP contribution is -2.12. The zero-order valence-corrected chi connectivity index (χ0v) is 12.6. The van der Waals surface area contributed by atoms with Crippen molar-refractivity contribution in [1.82, 2.24) is 0 Å². The van der Waals surface area contributed by atoms with E-state index in [1.54, 1.807) is 7.11 Å². The Balaban J connectivity index is 2.12. The van der Waals surface area contributed by atoms with Crippen molar-refractivity contribution < 1.29 is 4.74 Å². The van der Waals surface area contributed by atoms with Crippen LogP contribution in [0, 0.1) is 6.92 Å². The SMILES string of the molecule is CCc1ccc(CC(N)c2ccc(C)c(OC)c2)s1. The van der Waals surface area contributed by atoms with E-state index in [1.165, 1.54) is 9.75 Å². The van der Waals surface area contributed by atoms with E-state index in [4.69, 9.17) is 10.5 Å². The first-order valence-corrected chi connectivity index (χ1v) is 7.43. The Hall–Kier alpha value is -1.32. The van der Waals surface area contributed by atoms with Crippen LogP contribution in [0.5, 0.6) is 5.75 Å². The molecule has 0 fully saturated rings. The smallest absolute Gasteiger partial charge is 0.122 e. The second kappa shape index (κ2) is 6.22. The average Bonchev–Trinajstić information content (AvgIpc) is 2.86. The summed E-state index contributed by atoms with van der Waals surface area (Å²) in [7, 11) is 1.70. The topological polar surface area (TPSA) is 35.2 Å². The van der Waals surface area contributed by atoms with Gasteiger partial charge in [0.25, 0.3) is 0 Å². The van der Waals surface area contributed by atoms with Gasteiger partial charge in [-0.25, -0.2) is 0 Å². The lowest BCUT2D eigenvalue weighted by Gasteiger charge is -2.13. The Labute approximate surface area is 119 Å². The summed E-state index contributed by atoms with van der Waals surface area (Å²) in [6.45, 7) is 4.22. The summed E-state index contributed by atoms with van der Waals surface area (Å²) in [4.78, 5) is 2.77. The van der Waals surface area contributed by atoms with Gasteiger partial charge < -0.3 is 10.5 Å². The van der Waals surface area contributed by atoms with E-state index in [9.17, 15) is 0 Å². The molecule has 0 aliphatic heterocycles. The van der Waals surface area contributed by atoms with Crippen molar-refractivity contribution in [1.29, 1.82) is 0 Å². The van der Waals surface area contributed by atoms with Crippen molar-refractivity contribution in [3.63, 3.8) is 0 Å². The molecule has 0 amide bonds. The van der Waals surface area contributed by atoms with Gasteiger partial charge in [-0.1, -0.05) is 19.1 Å². The number of benzene rings is 1. The van der Waals surface area contributed by atoms with Crippen LogP contribution >= 0.6 is 11.3 Å². The lowest BCUT2D eigenvalue weighted by atomic mass is 10.0. The summed E-state index contributed by atoms with van der Waals surface area (Å²) in [6, 6.07) is 10.6. The number of ether oxygens (including phenoxy) is 1. The van der Waals surface area contributed by atoms with Gasteiger partial charge in [-0.2, -0.15) is 0 Å². The summed E-state index contributed by atoms with van der Waals surface area (Å²) >= 11 is 1.86. The Morgan fingerprint density at radius 1 is 1.21 bits per heavy atom. The Morgan fingerprint density at radius 2 is 1.95 bits per heavy atom. The minimum atomic E-state index is 0.0258. The first-order chi connectivity index (χ1) is 9.13. The van der Waals surface area contributed by atoms with Gasteiger partial charge in [0.05, 0.1) is 7.11 Å². The highest BCUT2D eigenvalue weighted by molar-refractivity contribution is 7.11. The van der Waals surface area contributed by atoms with Crippen molar-refractivity contribution in [2.24, 2.45) is 5.73 Å². The Morgan fingerprint density at radius 3 is 2.58 bits per heavy atom. The third kappa shape index (κ3) is 3.37. The molecular weight excluding hydrogens is 254 g/mol. The van der Waals surface area contributed by atoms with Crippen molar-refractivity contribution in [2.75, 3.05) is 7.11 Å². The molecule has 102 valence electrons. The van der Waals surface area contributed by atoms with Gasteiger partial charge in [0.15, 0.2) is 0 Å². The van der Waals surface area contributed by atoms with Gasteiger partial charge in [0, 0.05) is 22.2 Å². The number of thiophene rings is 1. The van der Waals surface area contributed by atoms with Crippen LogP contribution in [-0.4, -0.2) is 7.11 Å². The third-order valence-electron chi connectivity index (χ3n) is 3.35. The van der Waals surface area contributed by atoms with Gasteiger partial charge in [0.1, 0.15) is 5.75 Å². The standard InChI is InChI=1S/C16H21NOS/c1-4-13-7-8-14(19-13)10-15(17)12-6-5-11(2)16(9-12)18-3/h5-9,15H,4,10,17H2,1-3H3. The minimum absolute atomic E-state index is 0.0258. The second-order valence-electron chi connectivity index (χ2n) is 4.76. The normalized spacial score (nSPS) is 12.4. The number of nitrogens with two attached hydrogens (primary N) is 1. The van der Waals surface area contributed by atoms with E-state index < -0.39 is 0 Å². The highest BCUT2D eigenvalue weighted by atomic mass is 32.1. The van der Waals surface area contributed by atoms with E-state index in [2.05, 4.69) is 31.2 Å². The summed E-state index contributed by atoms with van der Waals surface area (Å²) in [5.74, 6) is 0.911. The maximum Gasteiger partial charge on any atom is 0.122 e. The van der Waals surface area contributed by atoms with E-state index in [0.717, 1.165) is 29.7 Å². The van der Waals surface area contributed by atoms with Gasteiger partial charge in [0.2, 0.25) is 0 Å². The van der Waals surface area contributed by atoms with Gasteiger partial charge in [-0.05, 0) is 42.7 Å². The van der Waals surface area contributed by atoms with E-state index in [0.29, 0.717) is 0 Å². The Bertz CT molecular complexity index is 547. The average molecular weight is 275 g/mol. The fourth-order valence-corrected chi connectivity index (χ4v) is 3.14. The van der Waals surface area contributed by atoms with Crippen molar-refractivity contribution in [2.45, 2.75) is 32.7 Å².